The van der Waals surface area contributed by atoms with E-state index >= 15 is 0 Å². The number of piperazine rings is 1. The van der Waals surface area contributed by atoms with Crippen molar-refractivity contribution in [3.05, 3.63) is 35.4 Å². The van der Waals surface area contributed by atoms with Crippen LogP contribution in [-0.4, -0.2) is 81.4 Å². The van der Waals surface area contributed by atoms with Crippen molar-refractivity contribution in [3.63, 3.8) is 0 Å². The van der Waals surface area contributed by atoms with Crippen molar-refractivity contribution < 1.29 is 17.9 Å². The number of alkyl halides is 3. The van der Waals surface area contributed by atoms with Crippen molar-refractivity contribution in [3.8, 4) is 0 Å². The number of unbranched alkanes of at least 4 members (excludes halogenated alkanes) is 1. The molecule has 2 rings (SSSR count). The monoisotopic (exact) mass is 443 g/mol. The molecule has 176 valence electrons. The Labute approximate surface area is 183 Å². The molecule has 1 heterocycles. The highest BCUT2D eigenvalue weighted by atomic mass is 19.4. The predicted octanol–water partition coefficient (Wildman–Crippen LogP) is 2.85. The quantitative estimate of drug-likeness (QED) is 0.313. The molecular formula is C22H36F3N5O. The molecule has 1 aromatic rings. The number of rotatable bonds is 11. The first-order valence-corrected chi connectivity index (χ1v) is 11.0. The molecule has 1 aromatic carbocycles. The van der Waals surface area contributed by atoms with Gasteiger partial charge in [0.2, 0.25) is 0 Å². The van der Waals surface area contributed by atoms with Gasteiger partial charge in [0.25, 0.3) is 0 Å². The molecule has 1 fully saturated rings. The fourth-order valence-corrected chi connectivity index (χ4v) is 3.44. The van der Waals surface area contributed by atoms with Crippen molar-refractivity contribution in [1.29, 1.82) is 0 Å². The summed E-state index contributed by atoms with van der Waals surface area (Å²) in [6.45, 7) is 9.35. The molecule has 0 bridgehead atoms. The third kappa shape index (κ3) is 10.8. The molecule has 0 spiro atoms. The molecule has 1 saturated heterocycles. The highest BCUT2D eigenvalue weighted by Crippen LogP contribution is 2.15. The standard InChI is InChI=1S/C22H36F3N5O/c1-3-29-12-14-30(15-13-29)11-5-4-10-27-21(26-2)28-16-19-6-8-20(9-7-19)17-31-18-22(23,24)25/h6-9H,3-5,10-18H2,1-2H3,(H2,26,27,28). The van der Waals surface area contributed by atoms with Gasteiger partial charge in [-0.15, -0.1) is 0 Å². The molecule has 2 N–H and O–H groups in total. The summed E-state index contributed by atoms with van der Waals surface area (Å²) in [5.74, 6) is 0.745. The fourth-order valence-electron chi connectivity index (χ4n) is 3.44. The minimum atomic E-state index is -4.29. The van der Waals surface area contributed by atoms with Crippen LogP contribution in [0.3, 0.4) is 0 Å². The third-order valence-electron chi connectivity index (χ3n) is 5.35. The first-order valence-electron chi connectivity index (χ1n) is 11.0. The molecule has 0 atom stereocenters. The molecule has 0 radical (unpaired) electrons. The molecule has 1 aliphatic rings. The third-order valence-corrected chi connectivity index (χ3v) is 5.35. The highest BCUT2D eigenvalue weighted by molar-refractivity contribution is 5.79. The van der Waals surface area contributed by atoms with Crippen LogP contribution in [0.4, 0.5) is 13.2 Å². The summed E-state index contributed by atoms with van der Waals surface area (Å²) in [7, 11) is 1.74. The summed E-state index contributed by atoms with van der Waals surface area (Å²) in [5, 5.41) is 6.60. The van der Waals surface area contributed by atoms with Crippen molar-refractivity contribution in [2.45, 2.75) is 39.1 Å². The zero-order chi connectivity index (χ0) is 22.5. The van der Waals surface area contributed by atoms with Crippen LogP contribution in [0.15, 0.2) is 29.3 Å². The van der Waals surface area contributed by atoms with Gasteiger partial charge in [-0.1, -0.05) is 31.2 Å². The van der Waals surface area contributed by atoms with Crippen molar-refractivity contribution in [2.24, 2.45) is 4.99 Å². The van der Waals surface area contributed by atoms with Crippen LogP contribution in [0.2, 0.25) is 0 Å². The summed E-state index contributed by atoms with van der Waals surface area (Å²) in [5.41, 5.74) is 1.74. The summed E-state index contributed by atoms with van der Waals surface area (Å²) in [6, 6.07) is 7.32. The van der Waals surface area contributed by atoms with Crippen LogP contribution in [-0.2, 0) is 17.9 Å². The molecule has 31 heavy (non-hydrogen) atoms. The summed E-state index contributed by atoms with van der Waals surface area (Å²) >= 11 is 0. The van der Waals surface area contributed by atoms with Crippen LogP contribution in [0.1, 0.15) is 30.9 Å². The molecule has 1 aliphatic heterocycles. The van der Waals surface area contributed by atoms with Gasteiger partial charge < -0.3 is 25.2 Å². The SMILES string of the molecule is CCN1CCN(CCCCNC(=NC)NCc2ccc(COCC(F)(F)F)cc2)CC1. The molecule has 0 saturated carbocycles. The maximum absolute atomic E-state index is 12.1. The number of likely N-dealkylation sites (N-methyl/N-ethyl adjacent to an activating group) is 1. The van der Waals surface area contributed by atoms with Crippen LogP contribution in [0, 0.1) is 0 Å². The van der Waals surface area contributed by atoms with Gasteiger partial charge >= 0.3 is 6.18 Å². The lowest BCUT2D eigenvalue weighted by atomic mass is 10.1. The lowest BCUT2D eigenvalue weighted by Gasteiger charge is -2.34. The number of hydrogen-bond acceptors (Lipinski definition) is 4. The van der Waals surface area contributed by atoms with E-state index in [2.05, 4.69) is 37.1 Å². The topological polar surface area (TPSA) is 52.1 Å². The second-order valence-corrected chi connectivity index (χ2v) is 7.76. The molecule has 9 heteroatoms. The van der Waals surface area contributed by atoms with Crippen molar-refractivity contribution in [2.75, 3.05) is 59.5 Å². The number of nitrogens with one attached hydrogen (secondary N) is 2. The van der Waals surface area contributed by atoms with E-state index in [9.17, 15) is 13.2 Å². The Morgan fingerprint density at radius 3 is 2.26 bits per heavy atom. The first kappa shape index (κ1) is 25.4. The number of halogens is 3. The number of aliphatic imine (C=N–C) groups is 1. The Morgan fingerprint density at radius 2 is 1.65 bits per heavy atom. The van der Waals surface area contributed by atoms with Gasteiger partial charge in [0.15, 0.2) is 5.96 Å². The second-order valence-electron chi connectivity index (χ2n) is 7.76. The molecule has 0 amide bonds. The number of guanidine groups is 1. The minimum absolute atomic E-state index is 0.0509. The van der Waals surface area contributed by atoms with E-state index in [1.54, 1.807) is 19.2 Å². The lowest BCUT2D eigenvalue weighted by molar-refractivity contribution is -0.176. The smallest absolute Gasteiger partial charge is 0.367 e. The number of hydrogen-bond donors (Lipinski definition) is 2. The molecule has 6 nitrogen and oxygen atoms in total. The molecular weight excluding hydrogens is 407 g/mol. The molecule has 0 aromatic heterocycles. The summed E-state index contributed by atoms with van der Waals surface area (Å²) < 4.78 is 41.0. The van der Waals surface area contributed by atoms with Gasteiger partial charge in [-0.2, -0.15) is 13.2 Å². The highest BCUT2D eigenvalue weighted by Gasteiger charge is 2.27. The first-order chi connectivity index (χ1) is 14.9. The maximum atomic E-state index is 12.1. The zero-order valence-corrected chi connectivity index (χ0v) is 18.7. The summed E-state index contributed by atoms with van der Waals surface area (Å²) in [4.78, 5) is 9.27. The van der Waals surface area contributed by atoms with Crippen LogP contribution in [0.5, 0.6) is 0 Å². The lowest BCUT2D eigenvalue weighted by Crippen LogP contribution is -2.46. The van der Waals surface area contributed by atoms with Crippen molar-refractivity contribution >= 4 is 5.96 Å². The predicted molar refractivity (Wildman–Crippen MR) is 118 cm³/mol. The van der Waals surface area contributed by atoms with Gasteiger partial charge in [0.1, 0.15) is 6.61 Å². The number of ether oxygens (including phenoxy) is 1. The normalized spacial score (nSPS) is 16.5. The van der Waals surface area contributed by atoms with E-state index in [0.717, 1.165) is 57.1 Å². The van der Waals surface area contributed by atoms with Gasteiger partial charge in [-0.25, -0.2) is 0 Å². The largest absolute Gasteiger partial charge is 0.411 e. The van der Waals surface area contributed by atoms with Gasteiger partial charge in [-0.3, -0.25) is 4.99 Å². The Hall–Kier alpha value is -1.84. The van der Waals surface area contributed by atoms with E-state index in [-0.39, 0.29) is 6.61 Å². The number of benzene rings is 1. The van der Waals surface area contributed by atoms with Gasteiger partial charge in [0, 0.05) is 46.3 Å². The average molecular weight is 444 g/mol. The minimum Gasteiger partial charge on any atom is -0.367 e. The van der Waals surface area contributed by atoms with E-state index < -0.39 is 12.8 Å². The Bertz CT molecular complexity index is 644. The summed E-state index contributed by atoms with van der Waals surface area (Å²) in [6.07, 6.45) is -2.05. The zero-order valence-electron chi connectivity index (χ0n) is 18.7. The van der Waals surface area contributed by atoms with E-state index in [1.807, 2.05) is 12.1 Å². The van der Waals surface area contributed by atoms with E-state index in [4.69, 9.17) is 0 Å². The maximum Gasteiger partial charge on any atom is 0.411 e. The fraction of sp³-hybridized carbons (Fsp3) is 0.682. The van der Waals surface area contributed by atoms with Crippen LogP contribution >= 0.6 is 0 Å². The van der Waals surface area contributed by atoms with Gasteiger partial charge in [-0.05, 0) is 37.1 Å². The van der Waals surface area contributed by atoms with E-state index in [1.165, 1.54) is 13.1 Å². The van der Waals surface area contributed by atoms with Crippen LogP contribution in [0.25, 0.3) is 0 Å². The van der Waals surface area contributed by atoms with Gasteiger partial charge in [0.05, 0.1) is 6.61 Å². The molecule has 0 unspecified atom stereocenters. The number of nitrogens with zero attached hydrogens (tertiary/aromatic N) is 3. The Balaban J connectivity index is 1.57. The Kier molecular flexibility index (Phi) is 11.1. The van der Waals surface area contributed by atoms with Crippen molar-refractivity contribution in [1.82, 2.24) is 20.4 Å². The van der Waals surface area contributed by atoms with E-state index in [0.29, 0.717) is 12.1 Å². The van der Waals surface area contributed by atoms with Crippen LogP contribution < -0.4 is 10.6 Å². The molecule has 0 aliphatic carbocycles. The Morgan fingerprint density at radius 1 is 1.00 bits per heavy atom. The average Bonchev–Trinajstić information content (AvgIpc) is 2.76. The second kappa shape index (κ2) is 13.5.